The van der Waals surface area contributed by atoms with Gasteiger partial charge in [0.15, 0.2) is 0 Å². The highest BCUT2D eigenvalue weighted by atomic mass is 19.1. The van der Waals surface area contributed by atoms with Crippen LogP contribution in [0.5, 0.6) is 0 Å². The molecule has 4 heteroatoms. The van der Waals surface area contributed by atoms with Crippen LogP contribution >= 0.6 is 0 Å². The first-order chi connectivity index (χ1) is 7.54. The minimum absolute atomic E-state index is 0.0887. The Bertz CT molecular complexity index is 379. The van der Waals surface area contributed by atoms with Crippen LogP contribution in [-0.2, 0) is 9.53 Å². The zero-order valence-electron chi connectivity index (χ0n) is 9.71. The Morgan fingerprint density at radius 3 is 2.81 bits per heavy atom. The first kappa shape index (κ1) is 12.6. The maximum Gasteiger partial charge on any atom is 0.319 e. The first-order valence-corrected chi connectivity index (χ1v) is 5.11. The molecule has 0 saturated carbocycles. The molecular weight excluding hydrogens is 209 g/mol. The average Bonchev–Trinajstić information content (AvgIpc) is 2.29. The number of halogens is 1. The van der Waals surface area contributed by atoms with Gasteiger partial charge in [0.2, 0.25) is 0 Å². The Morgan fingerprint density at radius 2 is 2.25 bits per heavy atom. The maximum absolute atomic E-state index is 13.3. The maximum atomic E-state index is 13.3. The van der Waals surface area contributed by atoms with Gasteiger partial charge in [0.25, 0.3) is 0 Å². The molecule has 0 aliphatic carbocycles. The summed E-state index contributed by atoms with van der Waals surface area (Å²) in [7, 11) is 1.33. The average molecular weight is 225 g/mol. The highest BCUT2D eigenvalue weighted by Crippen LogP contribution is 2.15. The van der Waals surface area contributed by atoms with Crippen LogP contribution < -0.4 is 5.32 Å². The van der Waals surface area contributed by atoms with Crippen molar-refractivity contribution in [3.63, 3.8) is 0 Å². The van der Waals surface area contributed by atoms with E-state index in [9.17, 15) is 9.18 Å². The standard InChI is InChI=1S/C12H16FNO2/c1-8-4-5-10(6-11(8)13)9(2)14-7-12(15)16-3/h4-6,9,14H,7H2,1-3H3. The number of nitrogens with one attached hydrogen (secondary N) is 1. The molecule has 1 aromatic carbocycles. The summed E-state index contributed by atoms with van der Waals surface area (Å²) in [6.45, 7) is 3.70. The number of hydrogen-bond donors (Lipinski definition) is 1. The van der Waals surface area contributed by atoms with Crippen molar-refractivity contribution >= 4 is 5.97 Å². The van der Waals surface area contributed by atoms with Crippen LogP contribution in [0.15, 0.2) is 18.2 Å². The molecule has 1 aromatic rings. The summed E-state index contributed by atoms with van der Waals surface area (Å²) in [5.74, 6) is -0.566. The molecule has 0 fully saturated rings. The molecule has 0 spiro atoms. The molecule has 88 valence electrons. The number of methoxy groups -OCH3 is 1. The molecular formula is C12H16FNO2. The molecule has 0 aliphatic heterocycles. The van der Waals surface area contributed by atoms with Gasteiger partial charge in [-0.05, 0) is 31.0 Å². The third-order valence-electron chi connectivity index (χ3n) is 2.48. The van der Waals surface area contributed by atoms with Crippen molar-refractivity contribution in [1.29, 1.82) is 0 Å². The second-order valence-electron chi connectivity index (χ2n) is 3.69. The van der Waals surface area contributed by atoms with Crippen molar-refractivity contribution in [1.82, 2.24) is 5.32 Å². The molecule has 0 heterocycles. The lowest BCUT2D eigenvalue weighted by atomic mass is 10.1. The number of aryl methyl sites for hydroxylation is 1. The molecule has 0 amide bonds. The molecule has 1 atom stereocenters. The van der Waals surface area contributed by atoms with Crippen molar-refractivity contribution < 1.29 is 13.9 Å². The highest BCUT2D eigenvalue weighted by Gasteiger charge is 2.09. The van der Waals surface area contributed by atoms with Crippen molar-refractivity contribution in [2.24, 2.45) is 0 Å². The quantitative estimate of drug-likeness (QED) is 0.796. The molecule has 0 aliphatic rings. The van der Waals surface area contributed by atoms with E-state index >= 15 is 0 Å². The normalized spacial score (nSPS) is 12.2. The predicted octanol–water partition coefficient (Wildman–Crippen LogP) is 1.96. The Morgan fingerprint density at radius 1 is 1.56 bits per heavy atom. The monoisotopic (exact) mass is 225 g/mol. The highest BCUT2D eigenvalue weighted by molar-refractivity contribution is 5.71. The molecule has 1 rings (SSSR count). The third-order valence-corrected chi connectivity index (χ3v) is 2.48. The number of carbonyl (C=O) groups excluding carboxylic acids is 1. The van der Waals surface area contributed by atoms with Gasteiger partial charge in [0.1, 0.15) is 5.82 Å². The molecule has 1 N–H and O–H groups in total. The summed E-state index contributed by atoms with van der Waals surface area (Å²) in [6, 6.07) is 4.95. The van der Waals surface area contributed by atoms with E-state index in [0.29, 0.717) is 5.56 Å². The minimum atomic E-state index is -0.334. The van der Waals surface area contributed by atoms with Crippen molar-refractivity contribution in [3.8, 4) is 0 Å². The van der Waals surface area contributed by atoms with Crippen LogP contribution in [0.25, 0.3) is 0 Å². The van der Waals surface area contributed by atoms with Gasteiger partial charge in [-0.2, -0.15) is 0 Å². The summed E-state index contributed by atoms with van der Waals surface area (Å²) in [5, 5.41) is 2.96. The molecule has 0 bridgehead atoms. The largest absolute Gasteiger partial charge is 0.468 e. The fraction of sp³-hybridized carbons (Fsp3) is 0.417. The van der Waals surface area contributed by atoms with E-state index in [4.69, 9.17) is 0 Å². The van der Waals surface area contributed by atoms with Gasteiger partial charge in [0, 0.05) is 6.04 Å². The number of ether oxygens (including phenoxy) is 1. The Labute approximate surface area is 94.6 Å². The van der Waals surface area contributed by atoms with E-state index in [1.165, 1.54) is 13.2 Å². The number of esters is 1. The van der Waals surface area contributed by atoms with E-state index in [1.807, 2.05) is 13.0 Å². The van der Waals surface area contributed by atoms with Crippen LogP contribution in [-0.4, -0.2) is 19.6 Å². The summed E-state index contributed by atoms with van der Waals surface area (Å²) >= 11 is 0. The molecule has 0 saturated heterocycles. The first-order valence-electron chi connectivity index (χ1n) is 5.11. The van der Waals surface area contributed by atoms with Crippen LogP contribution in [0.3, 0.4) is 0 Å². The number of rotatable bonds is 4. The van der Waals surface area contributed by atoms with E-state index < -0.39 is 0 Å². The second kappa shape index (κ2) is 5.61. The molecule has 3 nitrogen and oxygen atoms in total. The number of carbonyl (C=O) groups is 1. The second-order valence-corrected chi connectivity index (χ2v) is 3.69. The summed E-state index contributed by atoms with van der Waals surface area (Å²) < 4.78 is 17.8. The smallest absolute Gasteiger partial charge is 0.319 e. The van der Waals surface area contributed by atoms with Crippen LogP contribution in [0, 0.1) is 12.7 Å². The van der Waals surface area contributed by atoms with Crippen LogP contribution in [0.1, 0.15) is 24.1 Å². The number of benzene rings is 1. The lowest BCUT2D eigenvalue weighted by Gasteiger charge is -2.13. The SMILES string of the molecule is COC(=O)CNC(C)c1ccc(C)c(F)c1. The molecule has 1 unspecified atom stereocenters. The summed E-state index contributed by atoms with van der Waals surface area (Å²) in [4.78, 5) is 10.9. The fourth-order valence-electron chi connectivity index (χ4n) is 1.30. The van der Waals surface area contributed by atoms with Gasteiger partial charge in [0.05, 0.1) is 13.7 Å². The minimum Gasteiger partial charge on any atom is -0.468 e. The molecule has 16 heavy (non-hydrogen) atoms. The van der Waals surface area contributed by atoms with E-state index in [-0.39, 0.29) is 24.4 Å². The van der Waals surface area contributed by atoms with E-state index in [1.54, 1.807) is 13.0 Å². The van der Waals surface area contributed by atoms with E-state index in [2.05, 4.69) is 10.1 Å². The van der Waals surface area contributed by atoms with Gasteiger partial charge in [-0.1, -0.05) is 12.1 Å². The topological polar surface area (TPSA) is 38.3 Å². The Kier molecular flexibility index (Phi) is 4.43. The fourth-order valence-corrected chi connectivity index (χ4v) is 1.30. The van der Waals surface area contributed by atoms with Gasteiger partial charge in [-0.25, -0.2) is 4.39 Å². The van der Waals surface area contributed by atoms with Crippen LogP contribution in [0.2, 0.25) is 0 Å². The lowest BCUT2D eigenvalue weighted by molar-refractivity contribution is -0.139. The molecule has 0 aromatic heterocycles. The third kappa shape index (κ3) is 3.31. The zero-order valence-corrected chi connectivity index (χ0v) is 9.71. The zero-order chi connectivity index (χ0) is 12.1. The Hall–Kier alpha value is -1.42. The van der Waals surface area contributed by atoms with Crippen molar-refractivity contribution in [2.75, 3.05) is 13.7 Å². The Balaban J connectivity index is 2.62. The lowest BCUT2D eigenvalue weighted by Crippen LogP contribution is -2.26. The van der Waals surface area contributed by atoms with Crippen molar-refractivity contribution in [2.45, 2.75) is 19.9 Å². The predicted molar refractivity (Wildman–Crippen MR) is 59.6 cm³/mol. The summed E-state index contributed by atoms with van der Waals surface area (Å²) in [6.07, 6.45) is 0. The van der Waals surface area contributed by atoms with Gasteiger partial charge < -0.3 is 10.1 Å². The van der Waals surface area contributed by atoms with Gasteiger partial charge in [-0.15, -0.1) is 0 Å². The number of hydrogen-bond acceptors (Lipinski definition) is 3. The van der Waals surface area contributed by atoms with E-state index in [0.717, 1.165) is 5.56 Å². The summed E-state index contributed by atoms with van der Waals surface area (Å²) in [5.41, 5.74) is 1.43. The van der Waals surface area contributed by atoms with Gasteiger partial charge in [-0.3, -0.25) is 4.79 Å². The van der Waals surface area contributed by atoms with Gasteiger partial charge >= 0.3 is 5.97 Å². The molecule has 0 radical (unpaired) electrons. The van der Waals surface area contributed by atoms with Crippen LogP contribution in [0.4, 0.5) is 4.39 Å². The van der Waals surface area contributed by atoms with Crippen molar-refractivity contribution in [3.05, 3.63) is 35.1 Å².